The molecule has 1 aromatic heterocycles. The molecule has 0 saturated carbocycles. The Hall–Kier alpha value is -2.43. The van der Waals surface area contributed by atoms with E-state index in [2.05, 4.69) is 59.4 Å². The van der Waals surface area contributed by atoms with Crippen molar-refractivity contribution in [3.8, 4) is 5.69 Å². The molecule has 3 aromatic rings. The highest BCUT2D eigenvalue weighted by atomic mass is 16.3. The highest BCUT2D eigenvalue weighted by molar-refractivity contribution is 5.40. The number of aromatic nitrogens is 2. The van der Waals surface area contributed by atoms with E-state index in [9.17, 15) is 5.11 Å². The molecular formula is C22H25N3O. The topological polar surface area (TPSA) is 41.3 Å². The van der Waals surface area contributed by atoms with Crippen molar-refractivity contribution in [2.24, 2.45) is 0 Å². The van der Waals surface area contributed by atoms with Crippen LogP contribution in [0.3, 0.4) is 0 Å². The van der Waals surface area contributed by atoms with Crippen LogP contribution in [0.25, 0.3) is 5.69 Å². The van der Waals surface area contributed by atoms with Gasteiger partial charge in [0.25, 0.3) is 0 Å². The fourth-order valence-electron chi connectivity index (χ4n) is 3.75. The Bertz CT molecular complexity index is 847. The van der Waals surface area contributed by atoms with Crippen molar-refractivity contribution < 1.29 is 5.11 Å². The summed E-state index contributed by atoms with van der Waals surface area (Å²) >= 11 is 0. The maximum atomic E-state index is 11.1. The minimum absolute atomic E-state index is 0.703. The molecule has 0 aliphatic carbocycles. The van der Waals surface area contributed by atoms with Crippen molar-refractivity contribution in [1.82, 2.24) is 14.7 Å². The number of para-hydroxylation sites is 1. The third kappa shape index (κ3) is 3.43. The Labute approximate surface area is 154 Å². The normalized spacial score (nSPS) is 17.3. The molecule has 0 unspecified atom stereocenters. The third-order valence-corrected chi connectivity index (χ3v) is 5.41. The van der Waals surface area contributed by atoms with E-state index in [4.69, 9.17) is 0 Å². The minimum Gasteiger partial charge on any atom is -0.385 e. The molecule has 1 aliphatic heterocycles. The lowest BCUT2D eigenvalue weighted by atomic mass is 9.84. The molecule has 0 spiro atoms. The lowest BCUT2D eigenvalue weighted by molar-refractivity contribution is -0.0277. The molecule has 1 saturated heterocycles. The summed E-state index contributed by atoms with van der Waals surface area (Å²) < 4.78 is 1.92. The molecule has 1 fully saturated rings. The van der Waals surface area contributed by atoms with E-state index >= 15 is 0 Å². The molecule has 1 aliphatic rings. The average Bonchev–Trinajstić information content (AvgIpc) is 3.19. The van der Waals surface area contributed by atoms with Crippen molar-refractivity contribution in [3.63, 3.8) is 0 Å². The summed E-state index contributed by atoms with van der Waals surface area (Å²) in [5.41, 5.74) is 3.95. The van der Waals surface area contributed by atoms with Gasteiger partial charge in [-0.15, -0.1) is 0 Å². The molecule has 0 amide bonds. The summed E-state index contributed by atoms with van der Waals surface area (Å²) in [6.45, 7) is 4.73. The molecule has 0 atom stereocenters. The van der Waals surface area contributed by atoms with Crippen LogP contribution in [-0.4, -0.2) is 32.9 Å². The first-order chi connectivity index (χ1) is 12.6. The maximum absolute atomic E-state index is 11.1. The molecule has 4 nitrogen and oxygen atoms in total. The lowest BCUT2D eigenvalue weighted by Gasteiger charge is -2.38. The average molecular weight is 347 g/mol. The Morgan fingerprint density at radius 2 is 1.73 bits per heavy atom. The number of piperidine rings is 1. The number of nitrogens with zero attached hydrogens (tertiary/aromatic N) is 3. The highest BCUT2D eigenvalue weighted by Crippen LogP contribution is 2.33. The monoisotopic (exact) mass is 347 g/mol. The highest BCUT2D eigenvalue weighted by Gasteiger charge is 2.33. The van der Waals surface area contributed by atoms with E-state index in [1.807, 2.05) is 23.0 Å². The molecule has 2 aromatic carbocycles. The van der Waals surface area contributed by atoms with Gasteiger partial charge in [0.2, 0.25) is 0 Å². The first-order valence-corrected chi connectivity index (χ1v) is 9.24. The van der Waals surface area contributed by atoms with Gasteiger partial charge in [-0.3, -0.25) is 4.90 Å². The van der Waals surface area contributed by atoms with Gasteiger partial charge in [0.05, 0.1) is 11.3 Å². The van der Waals surface area contributed by atoms with E-state index in [1.165, 1.54) is 11.1 Å². The van der Waals surface area contributed by atoms with E-state index in [0.29, 0.717) is 0 Å². The maximum Gasteiger partial charge on any atom is 0.0920 e. The second kappa shape index (κ2) is 7.06. The van der Waals surface area contributed by atoms with E-state index in [-0.39, 0.29) is 0 Å². The summed E-state index contributed by atoms with van der Waals surface area (Å²) in [6, 6.07) is 18.6. The second-order valence-corrected chi connectivity index (χ2v) is 7.25. The van der Waals surface area contributed by atoms with Gasteiger partial charge in [0.15, 0.2) is 0 Å². The van der Waals surface area contributed by atoms with Crippen LogP contribution in [0.5, 0.6) is 0 Å². The molecular weight excluding hydrogens is 322 g/mol. The van der Waals surface area contributed by atoms with Crippen LogP contribution < -0.4 is 0 Å². The van der Waals surface area contributed by atoms with Crippen LogP contribution in [0.15, 0.2) is 67.0 Å². The van der Waals surface area contributed by atoms with Crippen molar-refractivity contribution in [3.05, 3.63) is 83.7 Å². The molecule has 4 rings (SSSR count). The van der Waals surface area contributed by atoms with E-state index < -0.39 is 5.60 Å². The largest absolute Gasteiger partial charge is 0.385 e. The van der Waals surface area contributed by atoms with E-state index in [0.717, 1.165) is 43.7 Å². The molecule has 1 N–H and O–H groups in total. The number of aryl methyl sites for hydroxylation is 1. The lowest BCUT2D eigenvalue weighted by Crippen LogP contribution is -2.42. The van der Waals surface area contributed by atoms with Crippen LogP contribution in [0, 0.1) is 6.92 Å². The SMILES string of the molecule is Cc1ccc(C2(O)CCN(Cc3ccccc3-n3cccn3)CC2)cc1. The zero-order chi connectivity index (χ0) is 18.0. The van der Waals surface area contributed by atoms with Crippen LogP contribution in [0.1, 0.15) is 29.5 Å². The van der Waals surface area contributed by atoms with Crippen LogP contribution >= 0.6 is 0 Å². The van der Waals surface area contributed by atoms with Crippen LogP contribution in [0.4, 0.5) is 0 Å². The fraction of sp³-hybridized carbons (Fsp3) is 0.318. The minimum atomic E-state index is -0.703. The van der Waals surface area contributed by atoms with Crippen molar-refractivity contribution in [2.75, 3.05) is 13.1 Å². The van der Waals surface area contributed by atoms with Gasteiger partial charge in [-0.2, -0.15) is 5.10 Å². The molecule has 26 heavy (non-hydrogen) atoms. The predicted molar refractivity (Wildman–Crippen MR) is 103 cm³/mol. The van der Waals surface area contributed by atoms with Crippen molar-refractivity contribution >= 4 is 0 Å². The van der Waals surface area contributed by atoms with Crippen LogP contribution in [0.2, 0.25) is 0 Å². The van der Waals surface area contributed by atoms with Gasteiger partial charge >= 0.3 is 0 Å². The van der Waals surface area contributed by atoms with Gasteiger partial charge in [0.1, 0.15) is 0 Å². The quantitative estimate of drug-likeness (QED) is 0.783. The molecule has 134 valence electrons. The van der Waals surface area contributed by atoms with Gasteiger partial charge < -0.3 is 5.11 Å². The zero-order valence-electron chi connectivity index (χ0n) is 15.2. The van der Waals surface area contributed by atoms with E-state index in [1.54, 1.807) is 6.20 Å². The molecule has 2 heterocycles. The number of hydrogen-bond donors (Lipinski definition) is 1. The third-order valence-electron chi connectivity index (χ3n) is 5.41. The summed E-state index contributed by atoms with van der Waals surface area (Å²) in [6.07, 6.45) is 5.31. The summed E-state index contributed by atoms with van der Waals surface area (Å²) in [4.78, 5) is 2.42. The Morgan fingerprint density at radius 1 is 1.00 bits per heavy atom. The number of likely N-dealkylation sites (tertiary alicyclic amines) is 1. The smallest absolute Gasteiger partial charge is 0.0920 e. The summed E-state index contributed by atoms with van der Waals surface area (Å²) in [7, 11) is 0. The van der Waals surface area contributed by atoms with Gasteiger partial charge in [-0.05, 0) is 43.0 Å². The number of aliphatic hydroxyl groups is 1. The standard InChI is InChI=1S/C22H25N3O/c1-18-7-9-20(10-8-18)22(26)11-15-24(16-12-22)17-19-5-2-3-6-21(19)25-14-4-13-23-25/h2-10,13-14,26H,11-12,15-17H2,1H3. The summed E-state index contributed by atoms with van der Waals surface area (Å²) in [5.74, 6) is 0. The number of benzene rings is 2. The molecule has 0 bridgehead atoms. The predicted octanol–water partition coefficient (Wildman–Crippen LogP) is 3.66. The Morgan fingerprint density at radius 3 is 2.42 bits per heavy atom. The van der Waals surface area contributed by atoms with Gasteiger partial charge in [0, 0.05) is 32.0 Å². The molecule has 4 heteroatoms. The van der Waals surface area contributed by atoms with Crippen molar-refractivity contribution in [1.29, 1.82) is 0 Å². The second-order valence-electron chi connectivity index (χ2n) is 7.25. The zero-order valence-corrected chi connectivity index (χ0v) is 15.2. The number of rotatable bonds is 4. The van der Waals surface area contributed by atoms with Crippen molar-refractivity contribution in [2.45, 2.75) is 31.9 Å². The summed E-state index contributed by atoms with van der Waals surface area (Å²) in [5, 5.41) is 15.4. The van der Waals surface area contributed by atoms with Crippen LogP contribution in [-0.2, 0) is 12.1 Å². The first kappa shape index (κ1) is 17.0. The molecule has 0 radical (unpaired) electrons. The van der Waals surface area contributed by atoms with Gasteiger partial charge in [-0.25, -0.2) is 4.68 Å². The Kier molecular flexibility index (Phi) is 4.62. The number of hydrogen-bond acceptors (Lipinski definition) is 3. The first-order valence-electron chi connectivity index (χ1n) is 9.24. The Balaban J connectivity index is 1.46. The van der Waals surface area contributed by atoms with Gasteiger partial charge in [-0.1, -0.05) is 48.0 Å². The fourth-order valence-corrected chi connectivity index (χ4v) is 3.75.